The van der Waals surface area contributed by atoms with Gasteiger partial charge in [0.2, 0.25) is 0 Å². The SMILES string of the molecule is CCC(C)(C)C1CCc2nc3sc(C(=O)Nc4ccc(C)c(C)c4)c(N)c3cc2C1. The maximum atomic E-state index is 12.9. The van der Waals surface area contributed by atoms with Gasteiger partial charge in [-0.2, -0.15) is 0 Å². The highest BCUT2D eigenvalue weighted by Gasteiger charge is 2.32. The molecule has 2 heterocycles. The van der Waals surface area contributed by atoms with Gasteiger partial charge in [0.25, 0.3) is 5.91 Å². The van der Waals surface area contributed by atoms with Crippen molar-refractivity contribution in [1.29, 1.82) is 0 Å². The van der Waals surface area contributed by atoms with Crippen LogP contribution in [0.5, 0.6) is 0 Å². The van der Waals surface area contributed by atoms with Crippen molar-refractivity contribution in [2.45, 2.75) is 60.3 Å². The Kier molecular flexibility index (Phi) is 5.35. The third kappa shape index (κ3) is 3.71. The van der Waals surface area contributed by atoms with E-state index in [0.717, 1.165) is 34.3 Å². The zero-order valence-electron chi connectivity index (χ0n) is 18.6. The minimum absolute atomic E-state index is 0.165. The van der Waals surface area contributed by atoms with Gasteiger partial charge in [-0.3, -0.25) is 4.79 Å². The molecule has 2 aromatic heterocycles. The van der Waals surface area contributed by atoms with E-state index in [4.69, 9.17) is 10.7 Å². The van der Waals surface area contributed by atoms with Gasteiger partial charge in [0, 0.05) is 16.8 Å². The van der Waals surface area contributed by atoms with Crippen LogP contribution in [-0.2, 0) is 12.8 Å². The number of hydrogen-bond acceptors (Lipinski definition) is 4. The number of fused-ring (bicyclic) bond motifs is 2. The van der Waals surface area contributed by atoms with E-state index in [1.54, 1.807) is 0 Å². The van der Waals surface area contributed by atoms with Crippen LogP contribution in [0.25, 0.3) is 10.2 Å². The highest BCUT2D eigenvalue weighted by Crippen LogP contribution is 2.42. The first kappa shape index (κ1) is 20.9. The molecular weight excluding hydrogens is 390 g/mol. The summed E-state index contributed by atoms with van der Waals surface area (Å²) in [5, 5.41) is 3.91. The van der Waals surface area contributed by atoms with Crippen molar-refractivity contribution in [2.75, 3.05) is 11.1 Å². The molecule has 1 amide bonds. The van der Waals surface area contributed by atoms with E-state index in [1.807, 2.05) is 25.1 Å². The van der Waals surface area contributed by atoms with Gasteiger partial charge in [0.05, 0.1) is 5.69 Å². The van der Waals surface area contributed by atoms with Crippen LogP contribution in [0.15, 0.2) is 24.3 Å². The average Bonchev–Trinajstić information content (AvgIpc) is 3.04. The Hall–Kier alpha value is -2.40. The normalized spacial score (nSPS) is 16.5. The summed E-state index contributed by atoms with van der Waals surface area (Å²) in [5.41, 5.74) is 12.9. The number of carbonyl (C=O) groups excluding carboxylic acids is 1. The number of rotatable bonds is 4. The summed E-state index contributed by atoms with van der Waals surface area (Å²) in [7, 11) is 0. The van der Waals surface area contributed by atoms with E-state index < -0.39 is 0 Å². The lowest BCUT2D eigenvalue weighted by molar-refractivity contribution is 0.103. The van der Waals surface area contributed by atoms with Crippen molar-refractivity contribution in [3.05, 3.63) is 51.5 Å². The second-order valence-electron chi connectivity index (χ2n) is 9.33. The molecule has 4 nitrogen and oxygen atoms in total. The quantitative estimate of drug-likeness (QED) is 0.520. The van der Waals surface area contributed by atoms with Crippen LogP contribution < -0.4 is 11.1 Å². The molecule has 0 saturated heterocycles. The van der Waals surface area contributed by atoms with Crippen molar-refractivity contribution < 1.29 is 4.79 Å². The highest BCUT2D eigenvalue weighted by molar-refractivity contribution is 7.21. The monoisotopic (exact) mass is 421 g/mol. The van der Waals surface area contributed by atoms with Crippen molar-refractivity contribution in [3.8, 4) is 0 Å². The van der Waals surface area contributed by atoms with E-state index in [1.165, 1.54) is 41.0 Å². The molecule has 4 rings (SSSR count). The molecule has 1 atom stereocenters. The number of aryl methyl sites for hydroxylation is 3. The highest BCUT2D eigenvalue weighted by atomic mass is 32.1. The Morgan fingerprint density at radius 3 is 2.73 bits per heavy atom. The second kappa shape index (κ2) is 7.69. The Morgan fingerprint density at radius 2 is 2.03 bits per heavy atom. The molecule has 3 aromatic rings. The third-order valence-electron chi connectivity index (χ3n) is 7.07. The van der Waals surface area contributed by atoms with Gasteiger partial charge in [0.1, 0.15) is 9.71 Å². The van der Waals surface area contributed by atoms with Gasteiger partial charge in [0.15, 0.2) is 0 Å². The number of amides is 1. The van der Waals surface area contributed by atoms with Gasteiger partial charge in [-0.05, 0) is 79.3 Å². The number of nitrogen functional groups attached to an aromatic ring is 1. The molecule has 1 aliphatic rings. The van der Waals surface area contributed by atoms with Crippen molar-refractivity contribution in [2.24, 2.45) is 11.3 Å². The van der Waals surface area contributed by atoms with Crippen LogP contribution in [0.1, 0.15) is 65.7 Å². The summed E-state index contributed by atoms with van der Waals surface area (Å²) in [6.07, 6.45) is 4.39. The molecule has 1 unspecified atom stereocenters. The fourth-order valence-corrected chi connectivity index (χ4v) is 5.31. The fraction of sp³-hybridized carbons (Fsp3) is 0.440. The minimum Gasteiger partial charge on any atom is -0.397 e. The number of carbonyl (C=O) groups is 1. The number of thiophene rings is 1. The molecule has 3 N–H and O–H groups in total. The smallest absolute Gasteiger partial charge is 0.267 e. The van der Waals surface area contributed by atoms with E-state index >= 15 is 0 Å². The lowest BCUT2D eigenvalue weighted by Gasteiger charge is -2.36. The predicted octanol–water partition coefficient (Wildman–Crippen LogP) is 6.29. The van der Waals surface area contributed by atoms with Gasteiger partial charge in [-0.1, -0.05) is 33.3 Å². The summed E-state index contributed by atoms with van der Waals surface area (Å²) in [6, 6.07) is 8.12. The number of pyridine rings is 1. The molecule has 30 heavy (non-hydrogen) atoms. The third-order valence-corrected chi connectivity index (χ3v) is 8.19. The van der Waals surface area contributed by atoms with Crippen LogP contribution in [0.4, 0.5) is 11.4 Å². The average molecular weight is 422 g/mol. The van der Waals surface area contributed by atoms with Gasteiger partial charge >= 0.3 is 0 Å². The van der Waals surface area contributed by atoms with Crippen LogP contribution in [0, 0.1) is 25.2 Å². The van der Waals surface area contributed by atoms with Gasteiger partial charge in [-0.15, -0.1) is 11.3 Å². The lowest BCUT2D eigenvalue weighted by Crippen LogP contribution is -2.29. The number of nitrogens with two attached hydrogens (primary N) is 1. The van der Waals surface area contributed by atoms with Crippen molar-refractivity contribution >= 4 is 38.8 Å². The summed E-state index contributed by atoms with van der Waals surface area (Å²) < 4.78 is 0. The maximum Gasteiger partial charge on any atom is 0.267 e. The van der Waals surface area contributed by atoms with Crippen LogP contribution in [-0.4, -0.2) is 10.9 Å². The lowest BCUT2D eigenvalue weighted by atomic mass is 9.69. The largest absolute Gasteiger partial charge is 0.397 e. The number of aromatic nitrogens is 1. The Balaban J connectivity index is 1.64. The molecule has 0 fully saturated rings. The number of nitrogens with zero attached hydrogens (tertiary/aromatic N) is 1. The number of benzene rings is 1. The predicted molar refractivity (Wildman–Crippen MR) is 127 cm³/mol. The first-order chi connectivity index (χ1) is 14.2. The van der Waals surface area contributed by atoms with Crippen LogP contribution >= 0.6 is 11.3 Å². The second-order valence-corrected chi connectivity index (χ2v) is 10.3. The molecule has 158 valence electrons. The van der Waals surface area contributed by atoms with E-state index in [0.29, 0.717) is 21.9 Å². The van der Waals surface area contributed by atoms with E-state index in [9.17, 15) is 4.79 Å². The number of hydrogen-bond donors (Lipinski definition) is 2. The summed E-state index contributed by atoms with van der Waals surface area (Å²) in [4.78, 5) is 19.3. The summed E-state index contributed by atoms with van der Waals surface area (Å²) in [5.74, 6) is 0.489. The molecule has 0 bridgehead atoms. The van der Waals surface area contributed by atoms with Gasteiger partial charge < -0.3 is 11.1 Å². The number of nitrogens with one attached hydrogen (secondary N) is 1. The number of anilines is 2. The van der Waals surface area contributed by atoms with E-state index in [-0.39, 0.29) is 5.91 Å². The standard InChI is InChI=1S/C25H31N3OS/c1-6-25(4,5)17-8-10-20-16(12-17)13-19-21(26)22(30-24(19)28-20)23(29)27-18-9-7-14(2)15(3)11-18/h7,9,11,13,17H,6,8,10,12,26H2,1-5H3,(H,27,29). The van der Waals surface area contributed by atoms with E-state index in [2.05, 4.69) is 39.1 Å². The molecule has 0 radical (unpaired) electrons. The molecule has 0 aliphatic heterocycles. The van der Waals surface area contributed by atoms with Gasteiger partial charge in [-0.25, -0.2) is 4.98 Å². The minimum atomic E-state index is -0.165. The Bertz CT molecular complexity index is 1130. The van der Waals surface area contributed by atoms with Crippen molar-refractivity contribution in [1.82, 2.24) is 4.98 Å². The Labute approximate surface area is 182 Å². The first-order valence-corrected chi connectivity index (χ1v) is 11.6. The van der Waals surface area contributed by atoms with Crippen LogP contribution in [0.2, 0.25) is 0 Å². The Morgan fingerprint density at radius 1 is 1.27 bits per heavy atom. The molecule has 0 saturated carbocycles. The molecule has 0 spiro atoms. The summed E-state index contributed by atoms with van der Waals surface area (Å²) in [6.45, 7) is 11.1. The molecule has 1 aromatic carbocycles. The van der Waals surface area contributed by atoms with Crippen LogP contribution in [0.3, 0.4) is 0 Å². The molecule has 5 heteroatoms. The summed E-state index contributed by atoms with van der Waals surface area (Å²) >= 11 is 1.39. The fourth-order valence-electron chi connectivity index (χ4n) is 4.32. The zero-order valence-corrected chi connectivity index (χ0v) is 19.4. The first-order valence-electron chi connectivity index (χ1n) is 10.8. The topological polar surface area (TPSA) is 68.0 Å². The maximum absolute atomic E-state index is 12.9. The molecule has 1 aliphatic carbocycles. The zero-order chi connectivity index (χ0) is 21.6. The molecular formula is C25H31N3OS. The van der Waals surface area contributed by atoms with Crippen molar-refractivity contribution in [3.63, 3.8) is 0 Å².